The number of rotatable bonds is 6. The van der Waals surface area contributed by atoms with Crippen molar-refractivity contribution in [3.8, 4) is 33.4 Å². The number of fused-ring (bicyclic) bond motifs is 5. The van der Waals surface area contributed by atoms with E-state index in [0.717, 1.165) is 17.1 Å². The Kier molecular flexibility index (Phi) is 7.22. The van der Waals surface area contributed by atoms with Gasteiger partial charge < -0.3 is 4.90 Å². The summed E-state index contributed by atoms with van der Waals surface area (Å²) in [5.41, 5.74) is 10.6. The lowest BCUT2D eigenvalue weighted by molar-refractivity contribution is 1.28. The molecule has 0 aromatic heterocycles. The second-order valence-electron chi connectivity index (χ2n) is 12.6. The molecule has 0 saturated heterocycles. The Morgan fingerprint density at radius 1 is 0.265 bits per heavy atom. The Hall–Kier alpha value is -6.44. The van der Waals surface area contributed by atoms with Gasteiger partial charge in [-0.15, -0.1) is 0 Å². The fraction of sp³-hybridized carbons (Fsp3) is 0. The standard InChI is InChI=1S/C48H33N/c1-4-12-34(13-5-1)35-26-28-42(29-27-35)49(41-17-8-3-9-18-41)43-30-31-44(46(33-43)36-14-6-2-7-15-36)40-25-22-38-21-24-39-23-20-37-16-10-11-19-45(37)48(39)47(38)32-40/h1-33H. The average molecular weight is 624 g/mol. The summed E-state index contributed by atoms with van der Waals surface area (Å²) >= 11 is 0. The van der Waals surface area contributed by atoms with Crippen LogP contribution in [0, 0.1) is 0 Å². The molecule has 1 nitrogen and oxygen atoms in total. The number of hydrogen-bond donors (Lipinski definition) is 0. The van der Waals surface area contributed by atoms with Gasteiger partial charge in [-0.3, -0.25) is 0 Å². The molecule has 0 atom stereocenters. The van der Waals surface area contributed by atoms with Crippen LogP contribution in [0.4, 0.5) is 17.1 Å². The van der Waals surface area contributed by atoms with Gasteiger partial charge in [0.15, 0.2) is 0 Å². The van der Waals surface area contributed by atoms with Crippen LogP contribution < -0.4 is 4.90 Å². The molecular weight excluding hydrogens is 591 g/mol. The molecular formula is C48H33N. The first kappa shape index (κ1) is 28.8. The van der Waals surface area contributed by atoms with Gasteiger partial charge in [0.2, 0.25) is 0 Å². The summed E-state index contributed by atoms with van der Waals surface area (Å²) in [6.07, 6.45) is 0. The van der Waals surface area contributed by atoms with E-state index in [4.69, 9.17) is 0 Å². The highest BCUT2D eigenvalue weighted by Crippen LogP contribution is 2.42. The molecule has 0 aliphatic heterocycles. The molecule has 9 rings (SSSR count). The highest BCUT2D eigenvalue weighted by atomic mass is 15.1. The van der Waals surface area contributed by atoms with Gasteiger partial charge in [-0.1, -0.05) is 158 Å². The van der Waals surface area contributed by atoms with Crippen LogP contribution in [0.2, 0.25) is 0 Å². The summed E-state index contributed by atoms with van der Waals surface area (Å²) in [6, 6.07) is 72.4. The van der Waals surface area contributed by atoms with Crippen molar-refractivity contribution in [3.63, 3.8) is 0 Å². The van der Waals surface area contributed by atoms with E-state index >= 15 is 0 Å². The third kappa shape index (κ3) is 5.32. The van der Waals surface area contributed by atoms with Crippen LogP contribution in [-0.2, 0) is 0 Å². The van der Waals surface area contributed by atoms with Gasteiger partial charge in [-0.25, -0.2) is 0 Å². The molecule has 230 valence electrons. The quantitative estimate of drug-likeness (QED) is 0.167. The third-order valence-corrected chi connectivity index (χ3v) is 9.63. The first-order chi connectivity index (χ1) is 24.3. The highest BCUT2D eigenvalue weighted by Gasteiger charge is 2.17. The van der Waals surface area contributed by atoms with E-state index in [1.807, 2.05) is 0 Å². The van der Waals surface area contributed by atoms with Crippen LogP contribution in [0.25, 0.3) is 65.7 Å². The van der Waals surface area contributed by atoms with Crippen molar-refractivity contribution in [1.29, 1.82) is 0 Å². The maximum absolute atomic E-state index is 2.39. The predicted molar refractivity (Wildman–Crippen MR) is 210 cm³/mol. The van der Waals surface area contributed by atoms with Crippen LogP contribution in [0.15, 0.2) is 200 Å². The Balaban J connectivity index is 1.23. The fourth-order valence-electron chi connectivity index (χ4n) is 7.23. The zero-order valence-electron chi connectivity index (χ0n) is 27.0. The Morgan fingerprint density at radius 2 is 0.776 bits per heavy atom. The summed E-state index contributed by atoms with van der Waals surface area (Å²) in [4.78, 5) is 2.35. The molecule has 0 fully saturated rings. The van der Waals surface area contributed by atoms with Crippen molar-refractivity contribution in [2.75, 3.05) is 4.90 Å². The molecule has 0 bridgehead atoms. The summed E-state index contributed by atoms with van der Waals surface area (Å²) < 4.78 is 0. The minimum atomic E-state index is 1.11. The molecule has 9 aromatic rings. The molecule has 0 radical (unpaired) electrons. The van der Waals surface area contributed by atoms with E-state index in [2.05, 4.69) is 205 Å². The molecule has 0 saturated carbocycles. The average Bonchev–Trinajstić information content (AvgIpc) is 3.19. The lowest BCUT2D eigenvalue weighted by Crippen LogP contribution is -2.10. The SMILES string of the molecule is c1ccc(-c2ccc(N(c3ccccc3)c3ccc(-c4ccc5ccc6ccc7ccccc7c6c5c4)c(-c4ccccc4)c3)cc2)cc1. The smallest absolute Gasteiger partial charge is 0.0468 e. The molecule has 0 aliphatic carbocycles. The van der Waals surface area contributed by atoms with Crippen LogP contribution >= 0.6 is 0 Å². The van der Waals surface area contributed by atoms with Gasteiger partial charge in [0.05, 0.1) is 0 Å². The van der Waals surface area contributed by atoms with Crippen molar-refractivity contribution in [3.05, 3.63) is 200 Å². The Morgan fingerprint density at radius 3 is 1.51 bits per heavy atom. The van der Waals surface area contributed by atoms with E-state index in [-0.39, 0.29) is 0 Å². The van der Waals surface area contributed by atoms with Gasteiger partial charge in [-0.2, -0.15) is 0 Å². The number of para-hydroxylation sites is 1. The van der Waals surface area contributed by atoms with Crippen LogP contribution in [0.3, 0.4) is 0 Å². The van der Waals surface area contributed by atoms with E-state index < -0.39 is 0 Å². The maximum Gasteiger partial charge on any atom is 0.0468 e. The summed E-state index contributed by atoms with van der Waals surface area (Å²) in [5.74, 6) is 0. The first-order valence-electron chi connectivity index (χ1n) is 16.8. The minimum absolute atomic E-state index is 1.11. The van der Waals surface area contributed by atoms with Crippen LogP contribution in [0.1, 0.15) is 0 Å². The summed E-state index contributed by atoms with van der Waals surface area (Å²) in [7, 11) is 0. The van der Waals surface area contributed by atoms with Crippen molar-refractivity contribution >= 4 is 49.4 Å². The molecule has 0 unspecified atom stereocenters. The van der Waals surface area contributed by atoms with Gasteiger partial charge in [0.1, 0.15) is 0 Å². The molecule has 0 spiro atoms. The zero-order chi connectivity index (χ0) is 32.6. The first-order valence-corrected chi connectivity index (χ1v) is 16.8. The molecule has 49 heavy (non-hydrogen) atoms. The number of anilines is 3. The zero-order valence-corrected chi connectivity index (χ0v) is 27.0. The van der Waals surface area contributed by atoms with Crippen molar-refractivity contribution in [2.24, 2.45) is 0 Å². The third-order valence-electron chi connectivity index (χ3n) is 9.63. The van der Waals surface area contributed by atoms with Crippen LogP contribution in [-0.4, -0.2) is 0 Å². The fourth-order valence-corrected chi connectivity index (χ4v) is 7.23. The van der Waals surface area contributed by atoms with E-state index in [9.17, 15) is 0 Å². The van der Waals surface area contributed by atoms with Crippen LogP contribution in [0.5, 0.6) is 0 Å². The second kappa shape index (κ2) is 12.3. The molecule has 9 aromatic carbocycles. The van der Waals surface area contributed by atoms with E-state index in [0.29, 0.717) is 0 Å². The van der Waals surface area contributed by atoms with Gasteiger partial charge in [-0.05, 0) is 108 Å². The largest absolute Gasteiger partial charge is 0.310 e. The van der Waals surface area contributed by atoms with Gasteiger partial charge in [0.25, 0.3) is 0 Å². The maximum atomic E-state index is 2.39. The molecule has 0 heterocycles. The Bertz CT molecular complexity index is 2570. The monoisotopic (exact) mass is 623 g/mol. The van der Waals surface area contributed by atoms with Gasteiger partial charge in [0, 0.05) is 17.1 Å². The number of benzene rings is 9. The minimum Gasteiger partial charge on any atom is -0.310 e. The van der Waals surface area contributed by atoms with Crippen molar-refractivity contribution in [2.45, 2.75) is 0 Å². The normalized spacial score (nSPS) is 11.3. The lowest BCUT2D eigenvalue weighted by Gasteiger charge is -2.27. The molecule has 0 aliphatic rings. The van der Waals surface area contributed by atoms with Crippen molar-refractivity contribution < 1.29 is 0 Å². The lowest BCUT2D eigenvalue weighted by atomic mass is 9.90. The topological polar surface area (TPSA) is 3.24 Å². The van der Waals surface area contributed by atoms with Gasteiger partial charge >= 0.3 is 0 Å². The Labute approximate surface area is 287 Å². The van der Waals surface area contributed by atoms with E-state index in [1.54, 1.807) is 0 Å². The highest BCUT2D eigenvalue weighted by molar-refractivity contribution is 6.20. The van der Waals surface area contributed by atoms with E-state index in [1.165, 1.54) is 65.7 Å². The molecule has 0 amide bonds. The predicted octanol–water partition coefficient (Wildman–Crippen LogP) is 13.6. The summed E-state index contributed by atoms with van der Waals surface area (Å²) in [5, 5.41) is 7.65. The molecule has 1 heteroatoms. The second-order valence-corrected chi connectivity index (χ2v) is 12.6. The molecule has 0 N–H and O–H groups in total. The number of nitrogens with zero attached hydrogens (tertiary/aromatic N) is 1. The summed E-state index contributed by atoms with van der Waals surface area (Å²) in [6.45, 7) is 0. The van der Waals surface area contributed by atoms with Crippen molar-refractivity contribution in [1.82, 2.24) is 0 Å². The number of hydrogen-bond acceptors (Lipinski definition) is 1.